The first-order valence-electron chi connectivity index (χ1n) is 8.27. The summed E-state index contributed by atoms with van der Waals surface area (Å²) >= 11 is 0. The van der Waals surface area contributed by atoms with Gasteiger partial charge in [-0.3, -0.25) is 4.90 Å². The first kappa shape index (κ1) is 15.5. The maximum absolute atomic E-state index is 6.53. The highest BCUT2D eigenvalue weighted by molar-refractivity contribution is 5.25. The minimum atomic E-state index is 0.112. The third-order valence-corrected chi connectivity index (χ3v) is 4.97. The Labute approximate surface area is 124 Å². The minimum Gasteiger partial charge on any atom is -0.323 e. The molecule has 0 bridgehead atoms. The zero-order chi connectivity index (χ0) is 14.5. The monoisotopic (exact) mass is 274 g/mol. The summed E-state index contributed by atoms with van der Waals surface area (Å²) in [6.45, 7) is 7.85. The van der Waals surface area contributed by atoms with Crippen molar-refractivity contribution in [2.24, 2.45) is 5.73 Å². The molecule has 2 atom stereocenters. The summed E-state index contributed by atoms with van der Waals surface area (Å²) in [7, 11) is 0. The Morgan fingerprint density at radius 1 is 1.15 bits per heavy atom. The van der Waals surface area contributed by atoms with E-state index < -0.39 is 0 Å². The third-order valence-electron chi connectivity index (χ3n) is 4.97. The van der Waals surface area contributed by atoms with Crippen LogP contribution in [0.2, 0.25) is 0 Å². The van der Waals surface area contributed by atoms with Crippen LogP contribution in [0.1, 0.15) is 63.6 Å². The molecule has 1 saturated carbocycles. The maximum Gasteiger partial charge on any atom is 0.0450 e. The van der Waals surface area contributed by atoms with Gasteiger partial charge in [0.25, 0.3) is 0 Å². The second-order valence-corrected chi connectivity index (χ2v) is 6.13. The van der Waals surface area contributed by atoms with Crippen LogP contribution in [0.15, 0.2) is 24.3 Å². The second kappa shape index (κ2) is 7.24. The van der Waals surface area contributed by atoms with E-state index >= 15 is 0 Å². The Kier molecular flexibility index (Phi) is 5.62. The van der Waals surface area contributed by atoms with Crippen LogP contribution in [0.5, 0.6) is 0 Å². The summed E-state index contributed by atoms with van der Waals surface area (Å²) < 4.78 is 0. The summed E-state index contributed by atoms with van der Waals surface area (Å²) in [5.74, 6) is 0. The Morgan fingerprint density at radius 3 is 2.25 bits per heavy atom. The van der Waals surface area contributed by atoms with Gasteiger partial charge in [-0.05, 0) is 43.9 Å². The summed E-state index contributed by atoms with van der Waals surface area (Å²) in [4.78, 5) is 2.62. The highest BCUT2D eigenvalue weighted by Crippen LogP contribution is 2.28. The largest absolute Gasteiger partial charge is 0.323 e. The maximum atomic E-state index is 6.53. The molecule has 0 spiro atoms. The highest BCUT2D eigenvalue weighted by atomic mass is 15.2. The summed E-state index contributed by atoms with van der Waals surface area (Å²) in [6, 6.07) is 10.1. The molecule has 0 amide bonds. The zero-order valence-corrected chi connectivity index (χ0v) is 13.3. The predicted octanol–water partition coefficient (Wildman–Crippen LogP) is 3.90. The van der Waals surface area contributed by atoms with Gasteiger partial charge in [-0.2, -0.15) is 0 Å². The zero-order valence-electron chi connectivity index (χ0n) is 13.3. The fourth-order valence-electron chi connectivity index (χ4n) is 3.57. The second-order valence-electron chi connectivity index (χ2n) is 6.13. The van der Waals surface area contributed by atoms with Crippen LogP contribution in [0.4, 0.5) is 0 Å². The van der Waals surface area contributed by atoms with Crippen molar-refractivity contribution in [3.05, 3.63) is 35.4 Å². The van der Waals surface area contributed by atoms with Crippen LogP contribution in [0, 0.1) is 0 Å². The highest BCUT2D eigenvalue weighted by Gasteiger charge is 2.28. The lowest BCUT2D eigenvalue weighted by atomic mass is 9.97. The predicted molar refractivity (Wildman–Crippen MR) is 86.8 cm³/mol. The quantitative estimate of drug-likeness (QED) is 0.852. The number of nitrogens with zero attached hydrogens (tertiary/aromatic N) is 1. The Hall–Kier alpha value is -0.860. The van der Waals surface area contributed by atoms with Gasteiger partial charge in [0.1, 0.15) is 0 Å². The average molecular weight is 274 g/mol. The number of benzene rings is 1. The topological polar surface area (TPSA) is 29.3 Å². The van der Waals surface area contributed by atoms with E-state index in [1.54, 1.807) is 0 Å². The van der Waals surface area contributed by atoms with E-state index in [1.165, 1.54) is 36.8 Å². The molecule has 0 aliphatic heterocycles. The SMILES string of the molecule is CCc1ccc(C(N)C(C)N(CC)C2CCCC2)cc1. The van der Waals surface area contributed by atoms with Crippen molar-refractivity contribution in [3.63, 3.8) is 0 Å². The van der Waals surface area contributed by atoms with Crippen LogP contribution < -0.4 is 5.73 Å². The molecule has 2 rings (SSSR count). The molecule has 20 heavy (non-hydrogen) atoms. The van der Waals surface area contributed by atoms with E-state index in [2.05, 4.69) is 49.9 Å². The fraction of sp³-hybridized carbons (Fsp3) is 0.667. The first-order valence-corrected chi connectivity index (χ1v) is 8.27. The lowest BCUT2D eigenvalue weighted by Crippen LogP contribution is -2.45. The molecule has 0 heterocycles. The van der Waals surface area contributed by atoms with Crippen LogP contribution in [-0.4, -0.2) is 23.5 Å². The van der Waals surface area contributed by atoms with Crippen molar-refractivity contribution in [3.8, 4) is 0 Å². The van der Waals surface area contributed by atoms with Gasteiger partial charge in [-0.25, -0.2) is 0 Å². The standard InChI is InChI=1S/C18H30N2/c1-4-15-10-12-16(13-11-15)18(19)14(3)20(5-2)17-8-6-7-9-17/h10-14,17-18H,4-9,19H2,1-3H3. The number of nitrogens with two attached hydrogens (primary N) is 1. The molecular weight excluding hydrogens is 244 g/mol. The smallest absolute Gasteiger partial charge is 0.0450 e. The molecule has 112 valence electrons. The first-order chi connectivity index (χ1) is 9.67. The molecule has 0 saturated heterocycles. The van der Waals surface area contributed by atoms with E-state index in [0.717, 1.165) is 19.0 Å². The van der Waals surface area contributed by atoms with E-state index in [1.807, 2.05) is 0 Å². The summed E-state index contributed by atoms with van der Waals surface area (Å²) in [6.07, 6.45) is 6.55. The van der Waals surface area contributed by atoms with Crippen LogP contribution in [-0.2, 0) is 6.42 Å². The minimum absolute atomic E-state index is 0.112. The molecule has 1 aromatic rings. The van der Waals surface area contributed by atoms with Crippen molar-refractivity contribution in [1.82, 2.24) is 4.90 Å². The van der Waals surface area contributed by atoms with Crippen LogP contribution in [0.3, 0.4) is 0 Å². The van der Waals surface area contributed by atoms with Crippen molar-refractivity contribution < 1.29 is 0 Å². The molecule has 1 aliphatic rings. The molecule has 0 aromatic heterocycles. The van der Waals surface area contributed by atoms with Crippen molar-refractivity contribution >= 4 is 0 Å². The molecule has 0 radical (unpaired) electrons. The molecule has 2 heteroatoms. The van der Waals surface area contributed by atoms with E-state index in [9.17, 15) is 0 Å². The molecule has 2 N–H and O–H groups in total. The van der Waals surface area contributed by atoms with E-state index in [0.29, 0.717) is 6.04 Å². The van der Waals surface area contributed by atoms with Crippen LogP contribution in [0.25, 0.3) is 0 Å². The number of likely N-dealkylation sites (N-methyl/N-ethyl adjacent to an activating group) is 1. The molecule has 2 unspecified atom stereocenters. The average Bonchev–Trinajstić information content (AvgIpc) is 3.01. The normalized spacial score (nSPS) is 19.4. The lowest BCUT2D eigenvalue weighted by molar-refractivity contribution is 0.134. The van der Waals surface area contributed by atoms with Gasteiger partial charge in [-0.15, -0.1) is 0 Å². The van der Waals surface area contributed by atoms with Gasteiger partial charge in [0, 0.05) is 18.1 Å². The van der Waals surface area contributed by atoms with Crippen molar-refractivity contribution in [2.75, 3.05) is 6.54 Å². The van der Waals surface area contributed by atoms with Gasteiger partial charge in [0.2, 0.25) is 0 Å². The van der Waals surface area contributed by atoms with E-state index in [-0.39, 0.29) is 6.04 Å². The number of aryl methyl sites for hydroxylation is 1. The molecule has 1 aromatic carbocycles. The molecule has 2 nitrogen and oxygen atoms in total. The number of hydrogen-bond acceptors (Lipinski definition) is 2. The van der Waals surface area contributed by atoms with Gasteiger partial charge < -0.3 is 5.73 Å². The fourth-order valence-corrected chi connectivity index (χ4v) is 3.57. The summed E-state index contributed by atoms with van der Waals surface area (Å²) in [5, 5.41) is 0. The van der Waals surface area contributed by atoms with Crippen LogP contribution >= 0.6 is 0 Å². The Bertz CT molecular complexity index is 392. The molecule has 1 aliphatic carbocycles. The Morgan fingerprint density at radius 2 is 1.75 bits per heavy atom. The van der Waals surface area contributed by atoms with Gasteiger partial charge in [0.05, 0.1) is 0 Å². The lowest BCUT2D eigenvalue weighted by Gasteiger charge is -2.37. The van der Waals surface area contributed by atoms with Gasteiger partial charge >= 0.3 is 0 Å². The van der Waals surface area contributed by atoms with Crippen molar-refractivity contribution in [2.45, 2.75) is 71.0 Å². The number of hydrogen-bond donors (Lipinski definition) is 1. The number of rotatable bonds is 6. The van der Waals surface area contributed by atoms with E-state index in [4.69, 9.17) is 5.73 Å². The van der Waals surface area contributed by atoms with Gasteiger partial charge in [-0.1, -0.05) is 51.0 Å². The molecular formula is C18H30N2. The van der Waals surface area contributed by atoms with Gasteiger partial charge in [0.15, 0.2) is 0 Å². The van der Waals surface area contributed by atoms with Crippen molar-refractivity contribution in [1.29, 1.82) is 0 Å². The Balaban J connectivity index is 2.06. The third kappa shape index (κ3) is 3.42. The summed E-state index contributed by atoms with van der Waals surface area (Å²) in [5.41, 5.74) is 9.19. The molecule has 1 fully saturated rings.